The summed E-state index contributed by atoms with van der Waals surface area (Å²) in [6.07, 6.45) is 31.1. The summed E-state index contributed by atoms with van der Waals surface area (Å²) in [7, 11) is 0. The Bertz CT molecular complexity index is 453. The Labute approximate surface area is 169 Å². The van der Waals surface area contributed by atoms with Crippen molar-refractivity contribution in [1.82, 2.24) is 0 Å². The van der Waals surface area contributed by atoms with Gasteiger partial charge in [-0.25, -0.2) is 0 Å². The van der Waals surface area contributed by atoms with Crippen LogP contribution in [0.4, 0.5) is 0 Å². The lowest BCUT2D eigenvalue weighted by molar-refractivity contribution is 0.219. The second-order valence-corrected chi connectivity index (χ2v) is 9.32. The molecular weight excluding hydrogens is 326 g/mol. The Balaban J connectivity index is 1.50. The minimum Gasteiger partial charge on any atom is -0.193 e. The van der Waals surface area contributed by atoms with E-state index in [-0.39, 0.29) is 0 Å². The molecule has 0 aromatic heterocycles. The summed E-state index contributed by atoms with van der Waals surface area (Å²) < 4.78 is 0. The Morgan fingerprint density at radius 3 is 1.85 bits per heavy atom. The Kier molecular flexibility index (Phi) is 11.6. The minimum atomic E-state index is 0.748. The van der Waals surface area contributed by atoms with Crippen molar-refractivity contribution in [2.24, 2.45) is 23.7 Å². The Hall–Kier alpha value is -1.03. The quantitative estimate of drug-likeness (QED) is 0.204. The van der Waals surface area contributed by atoms with Crippen LogP contribution < -0.4 is 0 Å². The van der Waals surface area contributed by atoms with Crippen LogP contribution in [0.3, 0.4) is 0 Å². The van der Waals surface area contributed by atoms with Gasteiger partial charge in [0.1, 0.15) is 0 Å². The first-order valence-corrected chi connectivity index (χ1v) is 12.0. The molecule has 0 N–H and O–H groups in total. The number of nitriles is 1. The predicted molar refractivity (Wildman–Crippen MR) is 117 cm³/mol. The third-order valence-electron chi connectivity index (χ3n) is 7.22. The first-order valence-electron chi connectivity index (χ1n) is 12.0. The van der Waals surface area contributed by atoms with Crippen molar-refractivity contribution in [2.45, 2.75) is 110 Å². The van der Waals surface area contributed by atoms with Crippen molar-refractivity contribution < 1.29 is 0 Å². The molecule has 0 aromatic carbocycles. The minimum absolute atomic E-state index is 0.748. The molecule has 1 nitrogen and oxygen atoms in total. The lowest BCUT2D eigenvalue weighted by atomic mass is 9.75. The van der Waals surface area contributed by atoms with Gasteiger partial charge in [-0.2, -0.15) is 5.26 Å². The fourth-order valence-corrected chi connectivity index (χ4v) is 5.31. The zero-order valence-corrected chi connectivity index (χ0v) is 17.9. The maximum Gasteiger partial charge on any atom is 0.0912 e. The van der Waals surface area contributed by atoms with Crippen LogP contribution in [0.25, 0.3) is 0 Å². The molecule has 2 saturated carbocycles. The van der Waals surface area contributed by atoms with Gasteiger partial charge < -0.3 is 0 Å². The number of hydrogen-bond donors (Lipinski definition) is 0. The van der Waals surface area contributed by atoms with Gasteiger partial charge in [-0.3, -0.25) is 0 Å². The van der Waals surface area contributed by atoms with Gasteiger partial charge >= 0.3 is 0 Å². The van der Waals surface area contributed by atoms with Crippen LogP contribution in [0.1, 0.15) is 110 Å². The smallest absolute Gasteiger partial charge is 0.0912 e. The van der Waals surface area contributed by atoms with Crippen LogP contribution in [0, 0.1) is 35.0 Å². The van der Waals surface area contributed by atoms with E-state index >= 15 is 0 Å². The van der Waals surface area contributed by atoms with Crippen molar-refractivity contribution >= 4 is 0 Å². The third-order valence-corrected chi connectivity index (χ3v) is 7.22. The first kappa shape index (κ1) is 22.3. The average molecular weight is 370 g/mol. The molecule has 0 unspecified atom stereocenters. The van der Waals surface area contributed by atoms with Crippen molar-refractivity contribution in [2.75, 3.05) is 0 Å². The second kappa shape index (κ2) is 14.0. The molecule has 2 fully saturated rings. The number of hydrogen-bond acceptors (Lipinski definition) is 1. The summed E-state index contributed by atoms with van der Waals surface area (Å²) in [5.41, 5.74) is 0. The highest BCUT2D eigenvalue weighted by molar-refractivity contribution is 5.12. The number of allylic oxidation sites excluding steroid dienone is 4. The second-order valence-electron chi connectivity index (χ2n) is 9.32. The molecule has 2 rings (SSSR count). The summed E-state index contributed by atoms with van der Waals surface area (Å²) in [6, 6.07) is 2.05. The largest absolute Gasteiger partial charge is 0.193 e. The van der Waals surface area contributed by atoms with Crippen molar-refractivity contribution in [1.29, 1.82) is 5.26 Å². The lowest BCUT2D eigenvalue weighted by Crippen LogP contribution is -2.17. The van der Waals surface area contributed by atoms with E-state index in [9.17, 15) is 0 Å². The highest BCUT2D eigenvalue weighted by atomic mass is 14.3. The normalized spacial score (nSPS) is 29.3. The summed E-state index contributed by atoms with van der Waals surface area (Å²) in [5.74, 6) is 3.83. The summed E-state index contributed by atoms with van der Waals surface area (Å²) in [6.45, 7) is 2.31. The Morgan fingerprint density at radius 2 is 1.26 bits per heavy atom. The molecule has 0 bridgehead atoms. The number of unbranched alkanes of at least 4 members (excludes halogenated alkanes) is 4. The van der Waals surface area contributed by atoms with Gasteiger partial charge in [-0.1, -0.05) is 102 Å². The van der Waals surface area contributed by atoms with Gasteiger partial charge in [0, 0.05) is 6.08 Å². The summed E-state index contributed by atoms with van der Waals surface area (Å²) in [4.78, 5) is 0. The predicted octanol–water partition coefficient (Wildman–Crippen LogP) is 8.38. The number of rotatable bonds is 11. The SMILES string of the molecule is CCCCCCC[C@H]1CC[C@H](CC[C@H]2CC[C@H](C=CC=CC#N)CC2)CC1. The standard InChI is InChI=1S/C26H43N/c1-2-3-4-5-7-10-23-12-16-25(17-13-23)20-21-26-18-14-24(15-19-26)11-8-6-9-22-27/h6,8-9,11,23-26H,2-5,7,10,12-21H2,1H3/t23-,24-,25-,26-. The maximum absolute atomic E-state index is 8.51. The van der Waals surface area contributed by atoms with E-state index in [0.717, 1.165) is 23.7 Å². The van der Waals surface area contributed by atoms with Crippen molar-refractivity contribution in [3.05, 3.63) is 24.3 Å². The molecule has 1 heteroatoms. The molecule has 0 spiro atoms. The van der Waals surface area contributed by atoms with Gasteiger partial charge in [0.15, 0.2) is 0 Å². The van der Waals surface area contributed by atoms with E-state index in [1.807, 2.05) is 12.1 Å². The zero-order valence-electron chi connectivity index (χ0n) is 17.9. The van der Waals surface area contributed by atoms with Crippen molar-refractivity contribution in [3.8, 4) is 6.07 Å². The molecule has 2 aliphatic carbocycles. The van der Waals surface area contributed by atoms with Gasteiger partial charge in [0.2, 0.25) is 0 Å². The van der Waals surface area contributed by atoms with E-state index in [0.29, 0.717) is 0 Å². The first-order chi connectivity index (χ1) is 13.3. The van der Waals surface area contributed by atoms with Gasteiger partial charge in [0.05, 0.1) is 6.07 Å². The van der Waals surface area contributed by atoms with E-state index in [1.54, 1.807) is 6.08 Å². The average Bonchev–Trinajstić information content (AvgIpc) is 2.71. The van der Waals surface area contributed by atoms with Crippen LogP contribution in [0.2, 0.25) is 0 Å². The van der Waals surface area contributed by atoms with Crippen molar-refractivity contribution in [3.63, 3.8) is 0 Å². The molecule has 0 aromatic rings. The zero-order chi connectivity index (χ0) is 19.2. The highest BCUT2D eigenvalue weighted by Gasteiger charge is 2.23. The van der Waals surface area contributed by atoms with Gasteiger partial charge in [0.25, 0.3) is 0 Å². The van der Waals surface area contributed by atoms with Gasteiger partial charge in [-0.15, -0.1) is 0 Å². The molecular formula is C26H43N. The fraction of sp³-hybridized carbons (Fsp3) is 0.808. The number of nitrogens with zero attached hydrogens (tertiary/aromatic N) is 1. The van der Waals surface area contributed by atoms with Crippen LogP contribution in [0.5, 0.6) is 0 Å². The van der Waals surface area contributed by atoms with E-state index in [4.69, 9.17) is 5.26 Å². The lowest BCUT2D eigenvalue weighted by Gasteiger charge is -2.31. The summed E-state index contributed by atoms with van der Waals surface area (Å²) in [5, 5.41) is 8.51. The molecule has 0 saturated heterocycles. The van der Waals surface area contributed by atoms with E-state index in [2.05, 4.69) is 19.1 Å². The molecule has 0 atom stereocenters. The maximum atomic E-state index is 8.51. The third kappa shape index (κ3) is 9.64. The van der Waals surface area contributed by atoms with Crippen LogP contribution in [0.15, 0.2) is 24.3 Å². The Morgan fingerprint density at radius 1 is 0.704 bits per heavy atom. The molecule has 152 valence electrons. The topological polar surface area (TPSA) is 23.8 Å². The van der Waals surface area contributed by atoms with E-state index < -0.39 is 0 Å². The molecule has 0 heterocycles. The monoisotopic (exact) mass is 369 g/mol. The van der Waals surface area contributed by atoms with Crippen LogP contribution in [-0.4, -0.2) is 0 Å². The molecule has 2 aliphatic rings. The molecule has 27 heavy (non-hydrogen) atoms. The van der Waals surface area contributed by atoms with Crippen LogP contribution in [-0.2, 0) is 0 Å². The summed E-state index contributed by atoms with van der Waals surface area (Å²) >= 11 is 0. The molecule has 0 aliphatic heterocycles. The molecule has 0 amide bonds. The highest BCUT2D eigenvalue weighted by Crippen LogP contribution is 2.38. The molecule has 0 radical (unpaired) electrons. The van der Waals surface area contributed by atoms with Gasteiger partial charge in [-0.05, 0) is 49.4 Å². The fourth-order valence-electron chi connectivity index (χ4n) is 5.31. The van der Waals surface area contributed by atoms with E-state index in [1.165, 1.54) is 103 Å². The van der Waals surface area contributed by atoms with Crippen LogP contribution >= 0.6 is 0 Å².